The third kappa shape index (κ3) is 7.06. The predicted molar refractivity (Wildman–Crippen MR) is 154 cm³/mol. The van der Waals surface area contributed by atoms with E-state index >= 15 is 0 Å². The van der Waals surface area contributed by atoms with Gasteiger partial charge in [-0.05, 0) is 24.3 Å². The summed E-state index contributed by atoms with van der Waals surface area (Å²) >= 11 is 0.775. The van der Waals surface area contributed by atoms with Crippen LogP contribution in [0, 0.1) is 17.2 Å². The van der Waals surface area contributed by atoms with Crippen molar-refractivity contribution in [3.8, 4) is 11.3 Å². The Kier molecular flexibility index (Phi) is 10.5. The zero-order valence-electron chi connectivity index (χ0n) is 23.4. The lowest BCUT2D eigenvalue weighted by Gasteiger charge is -2.46. The number of halogens is 2. The van der Waals surface area contributed by atoms with Crippen LogP contribution in [0.25, 0.3) is 17.0 Å². The number of rotatable bonds is 10. The Hall–Kier alpha value is -3.39. The van der Waals surface area contributed by atoms with E-state index in [1.807, 2.05) is 0 Å². The number of aliphatic hydroxyl groups is 6. The summed E-state index contributed by atoms with van der Waals surface area (Å²) in [6.45, 7) is -1.30. The second-order valence-electron chi connectivity index (χ2n) is 10.5. The molecule has 2 aliphatic heterocycles. The fourth-order valence-electron chi connectivity index (χ4n) is 5.23. The Labute approximate surface area is 259 Å². The number of benzene rings is 2. The van der Waals surface area contributed by atoms with Crippen LogP contribution in [0.15, 0.2) is 66.0 Å². The maximum Gasteiger partial charge on any atom is 0.134 e. The van der Waals surface area contributed by atoms with E-state index < -0.39 is 84.4 Å². The first-order valence-electron chi connectivity index (χ1n) is 13.8. The summed E-state index contributed by atoms with van der Waals surface area (Å²) in [5.41, 5.74) is 5.91. The lowest BCUT2D eigenvalue weighted by molar-refractivity contribution is -0.184. The Morgan fingerprint density at radius 3 is 2.22 bits per heavy atom. The molecule has 0 bridgehead atoms. The van der Waals surface area contributed by atoms with Crippen molar-refractivity contribution in [2.45, 2.75) is 59.6 Å². The van der Waals surface area contributed by atoms with Crippen LogP contribution < -0.4 is 5.32 Å². The summed E-state index contributed by atoms with van der Waals surface area (Å²) < 4.78 is 40.2. The quantitative estimate of drug-likeness (QED) is 0.140. The Morgan fingerprint density at radius 2 is 1.58 bits per heavy atom. The average molecular weight is 651 g/mol. The minimum Gasteiger partial charge on any atom is -0.394 e. The van der Waals surface area contributed by atoms with Crippen LogP contribution in [0.2, 0.25) is 0 Å². The van der Waals surface area contributed by atoms with Gasteiger partial charge in [0.2, 0.25) is 0 Å². The second kappa shape index (κ2) is 14.4. The topological polar surface area (TPSA) is 219 Å². The first kappa shape index (κ1) is 33.0. The Balaban J connectivity index is 1.37. The van der Waals surface area contributed by atoms with Crippen LogP contribution in [-0.2, 0) is 9.47 Å². The molecule has 3 aromatic rings. The summed E-state index contributed by atoms with van der Waals surface area (Å²) in [6, 6.07) is 8.52. The lowest BCUT2D eigenvalue weighted by atomic mass is 9.97. The number of ether oxygens (including phenoxy) is 2. The molecule has 10 atom stereocenters. The van der Waals surface area contributed by atoms with E-state index in [1.54, 1.807) is 6.07 Å². The van der Waals surface area contributed by atoms with Crippen molar-refractivity contribution in [3.63, 3.8) is 0 Å². The van der Waals surface area contributed by atoms with Gasteiger partial charge in [-0.25, -0.2) is 19.0 Å². The Morgan fingerprint density at radius 1 is 0.933 bits per heavy atom. The third-order valence-corrected chi connectivity index (χ3v) is 8.91. The van der Waals surface area contributed by atoms with Crippen molar-refractivity contribution in [2.24, 2.45) is 5.11 Å². The standard InChI is InChI=1S/C28H32F2N6O8S/c29-15-5-1-3-13(7-15)17(33-31)9-32-21-23(39)19(11-37)43-27(25(21)41)45-28-26(42)22(24(40)20(12-38)44-28)36-10-18(34-35-36)14-4-2-6-16(30)8-14/h1-10,19-28,31-32,37-42H,11-12H2/b17-9-,33-31?/t19?,20-,21?,22?,23+,24?,25?,26-,27+,28?/m1/s1. The van der Waals surface area contributed by atoms with Gasteiger partial charge in [0.25, 0.3) is 0 Å². The molecule has 8 N–H and O–H groups in total. The molecule has 2 aromatic carbocycles. The number of hydrogen-bond donors (Lipinski definition) is 8. The normalized spacial score (nSPS) is 32.3. The zero-order valence-corrected chi connectivity index (χ0v) is 24.2. The molecular formula is C28H32F2N6O8S. The maximum atomic E-state index is 13.8. The van der Waals surface area contributed by atoms with E-state index in [0.29, 0.717) is 5.56 Å². The van der Waals surface area contributed by atoms with Gasteiger partial charge in [-0.1, -0.05) is 41.2 Å². The van der Waals surface area contributed by atoms with Gasteiger partial charge in [-0.2, -0.15) is 5.11 Å². The molecule has 0 spiro atoms. The molecule has 2 aliphatic rings. The number of aromatic nitrogens is 3. The Bertz CT molecular complexity index is 1500. The predicted octanol–water partition coefficient (Wildman–Crippen LogP) is 0.363. The molecule has 45 heavy (non-hydrogen) atoms. The van der Waals surface area contributed by atoms with E-state index in [1.165, 1.54) is 53.5 Å². The van der Waals surface area contributed by atoms with Gasteiger partial charge in [-0.3, -0.25) is 0 Å². The van der Waals surface area contributed by atoms with Crippen molar-refractivity contribution >= 4 is 17.5 Å². The molecule has 3 heterocycles. The third-order valence-electron chi connectivity index (χ3n) is 7.59. The monoisotopic (exact) mass is 650 g/mol. The van der Waals surface area contributed by atoms with E-state index in [4.69, 9.17) is 15.0 Å². The van der Waals surface area contributed by atoms with Crippen LogP contribution in [0.3, 0.4) is 0 Å². The molecule has 17 heteroatoms. The number of nitrogens with one attached hydrogen (secondary N) is 2. The molecule has 0 radical (unpaired) electrons. The molecular weight excluding hydrogens is 618 g/mol. The van der Waals surface area contributed by atoms with Crippen LogP contribution >= 0.6 is 11.8 Å². The van der Waals surface area contributed by atoms with E-state index in [0.717, 1.165) is 17.8 Å². The lowest BCUT2D eigenvalue weighted by Crippen LogP contribution is -2.63. The highest BCUT2D eigenvalue weighted by Gasteiger charge is 2.50. The number of thioether (sulfide) groups is 1. The number of nitrogens with zero attached hydrogens (tertiary/aromatic N) is 4. The summed E-state index contributed by atoms with van der Waals surface area (Å²) in [6.07, 6.45) is -5.74. The fraction of sp³-hybridized carbons (Fsp3) is 0.429. The highest BCUT2D eigenvalue weighted by atomic mass is 32.2. The van der Waals surface area contributed by atoms with Crippen LogP contribution in [0.4, 0.5) is 8.78 Å². The van der Waals surface area contributed by atoms with E-state index in [2.05, 4.69) is 20.7 Å². The van der Waals surface area contributed by atoms with Gasteiger partial charge < -0.3 is 45.4 Å². The fourth-order valence-corrected chi connectivity index (χ4v) is 6.56. The smallest absolute Gasteiger partial charge is 0.134 e. The molecule has 2 fully saturated rings. The van der Waals surface area contributed by atoms with E-state index in [-0.39, 0.29) is 17.0 Å². The SMILES string of the molecule is N=N/C(=C\NC1C(O)[C@H](SC2O[C@H](CO)C(O)C(n3cc(-c4cccc(F)c4)nn3)[C@H]2O)OC(CO)[C@@H]1O)c1cccc(F)c1. The first-order valence-corrected chi connectivity index (χ1v) is 14.8. The number of hydrogen-bond acceptors (Lipinski definition) is 14. The summed E-state index contributed by atoms with van der Waals surface area (Å²) in [4.78, 5) is 0. The molecule has 14 nitrogen and oxygen atoms in total. The van der Waals surface area contributed by atoms with Gasteiger partial charge in [0, 0.05) is 17.3 Å². The highest BCUT2D eigenvalue weighted by Crippen LogP contribution is 2.40. The molecule has 0 saturated carbocycles. The van der Waals surface area contributed by atoms with Gasteiger partial charge in [0.05, 0.1) is 25.5 Å². The van der Waals surface area contributed by atoms with Crippen molar-refractivity contribution in [1.29, 1.82) is 5.53 Å². The molecule has 242 valence electrons. The van der Waals surface area contributed by atoms with Crippen molar-refractivity contribution in [3.05, 3.63) is 78.1 Å². The molecule has 1 aromatic heterocycles. The largest absolute Gasteiger partial charge is 0.394 e. The van der Waals surface area contributed by atoms with Crippen molar-refractivity contribution < 1.29 is 48.9 Å². The minimum absolute atomic E-state index is 0.00996. The summed E-state index contributed by atoms with van der Waals surface area (Å²) in [7, 11) is 0. The van der Waals surface area contributed by atoms with E-state index in [9.17, 15) is 39.4 Å². The molecule has 5 rings (SSSR count). The zero-order chi connectivity index (χ0) is 32.2. The minimum atomic E-state index is -1.52. The van der Waals surface area contributed by atoms with Gasteiger partial charge in [0.15, 0.2) is 0 Å². The highest BCUT2D eigenvalue weighted by molar-refractivity contribution is 8.00. The molecule has 6 unspecified atom stereocenters. The summed E-state index contributed by atoms with van der Waals surface area (Å²) in [5.74, 6) is -1.05. The van der Waals surface area contributed by atoms with Crippen molar-refractivity contribution in [1.82, 2.24) is 20.3 Å². The maximum absolute atomic E-state index is 13.8. The average Bonchev–Trinajstić information content (AvgIpc) is 3.51. The van der Waals surface area contributed by atoms with Gasteiger partial charge in [-0.15, -0.1) is 5.10 Å². The molecule has 2 saturated heterocycles. The van der Waals surface area contributed by atoms with Crippen LogP contribution in [0.1, 0.15) is 11.6 Å². The molecule has 0 amide bonds. The first-order chi connectivity index (χ1) is 21.6. The molecule has 0 aliphatic carbocycles. The van der Waals surface area contributed by atoms with Gasteiger partial charge >= 0.3 is 0 Å². The van der Waals surface area contributed by atoms with Crippen molar-refractivity contribution in [2.75, 3.05) is 13.2 Å². The van der Waals surface area contributed by atoms with Crippen LogP contribution in [0.5, 0.6) is 0 Å². The number of aliphatic hydroxyl groups excluding tert-OH is 6. The summed E-state index contributed by atoms with van der Waals surface area (Å²) in [5, 5.41) is 78.4. The second-order valence-corrected chi connectivity index (χ2v) is 11.7. The van der Waals surface area contributed by atoms with Gasteiger partial charge in [0.1, 0.15) is 76.6 Å². The van der Waals surface area contributed by atoms with Crippen LogP contribution in [-0.4, -0.2) is 112 Å².